The average molecular weight is 345 g/mol. The number of ether oxygens (including phenoxy) is 1. The van der Waals surface area contributed by atoms with Crippen LogP contribution in [0.25, 0.3) is 0 Å². The van der Waals surface area contributed by atoms with E-state index < -0.39 is 0 Å². The third-order valence-electron chi connectivity index (χ3n) is 2.56. The summed E-state index contributed by atoms with van der Waals surface area (Å²) in [5.41, 5.74) is 6.49. The van der Waals surface area contributed by atoms with Gasteiger partial charge in [0.15, 0.2) is 0 Å². The van der Waals surface area contributed by atoms with Crippen molar-refractivity contribution >= 4 is 27.5 Å². The van der Waals surface area contributed by atoms with Crippen molar-refractivity contribution in [2.45, 2.75) is 6.42 Å². The fourth-order valence-electron chi connectivity index (χ4n) is 1.67. The summed E-state index contributed by atoms with van der Waals surface area (Å²) in [7, 11) is 0. The maximum atomic E-state index is 13.2. The molecule has 0 bridgehead atoms. The highest BCUT2D eigenvalue weighted by Gasteiger charge is 2.07. The lowest BCUT2D eigenvalue weighted by molar-refractivity contribution is 0.473. The molecule has 2 aromatic carbocycles. The molecule has 2 rings (SSSR count). The largest absolute Gasteiger partial charge is 0.457 e. The Balaban J connectivity index is 2.29. The van der Waals surface area contributed by atoms with Gasteiger partial charge < -0.3 is 10.5 Å². The molecule has 0 amide bonds. The van der Waals surface area contributed by atoms with Crippen LogP contribution in [0.1, 0.15) is 5.56 Å². The third-order valence-corrected chi connectivity index (χ3v) is 3.40. The molecule has 0 saturated heterocycles. The zero-order chi connectivity index (χ0) is 13.8. The van der Waals surface area contributed by atoms with Gasteiger partial charge in [0.25, 0.3) is 0 Å². The predicted molar refractivity (Wildman–Crippen MR) is 78.4 cm³/mol. The lowest BCUT2D eigenvalue weighted by atomic mass is 10.1. The molecule has 0 fully saturated rings. The maximum Gasteiger partial charge on any atom is 0.137 e. The summed E-state index contributed by atoms with van der Waals surface area (Å²) in [4.78, 5) is 0. The molecule has 5 heteroatoms. The minimum absolute atomic E-state index is 0.328. The van der Waals surface area contributed by atoms with Crippen molar-refractivity contribution in [2.24, 2.45) is 5.73 Å². The van der Waals surface area contributed by atoms with Crippen molar-refractivity contribution in [3.05, 3.63) is 57.3 Å². The van der Waals surface area contributed by atoms with Crippen molar-refractivity contribution in [3.63, 3.8) is 0 Å². The Bertz CT molecular complexity index is 592. The summed E-state index contributed by atoms with van der Waals surface area (Å²) in [6, 6.07) is 9.84. The molecule has 0 heterocycles. The fourth-order valence-corrected chi connectivity index (χ4v) is 2.22. The van der Waals surface area contributed by atoms with E-state index in [0.29, 0.717) is 34.0 Å². The van der Waals surface area contributed by atoms with Crippen molar-refractivity contribution in [1.82, 2.24) is 0 Å². The topological polar surface area (TPSA) is 35.2 Å². The monoisotopic (exact) mass is 343 g/mol. The van der Waals surface area contributed by atoms with E-state index in [1.54, 1.807) is 24.3 Å². The fraction of sp³-hybridized carbons (Fsp3) is 0.143. The average Bonchev–Trinajstić information content (AvgIpc) is 2.37. The van der Waals surface area contributed by atoms with Gasteiger partial charge in [0.1, 0.15) is 17.3 Å². The lowest BCUT2D eigenvalue weighted by Crippen LogP contribution is -2.04. The van der Waals surface area contributed by atoms with Gasteiger partial charge in [-0.15, -0.1) is 0 Å². The van der Waals surface area contributed by atoms with Crippen molar-refractivity contribution in [2.75, 3.05) is 6.54 Å². The Labute approximate surface area is 124 Å². The molecule has 2 N–H and O–H groups in total. The van der Waals surface area contributed by atoms with Gasteiger partial charge in [-0.1, -0.05) is 11.6 Å². The molecular formula is C14H12BrClFNO. The van der Waals surface area contributed by atoms with Gasteiger partial charge in [-0.3, -0.25) is 0 Å². The van der Waals surface area contributed by atoms with E-state index >= 15 is 0 Å². The van der Waals surface area contributed by atoms with Gasteiger partial charge in [-0.25, -0.2) is 4.39 Å². The Morgan fingerprint density at radius 2 is 2.00 bits per heavy atom. The highest BCUT2D eigenvalue weighted by Crippen LogP contribution is 2.30. The zero-order valence-corrected chi connectivity index (χ0v) is 12.3. The molecule has 2 nitrogen and oxygen atoms in total. The summed E-state index contributed by atoms with van der Waals surface area (Å²) < 4.78 is 19.3. The first-order valence-electron chi connectivity index (χ1n) is 5.71. The van der Waals surface area contributed by atoms with Gasteiger partial charge in [-0.05, 0) is 70.9 Å². The molecule has 0 aliphatic rings. The van der Waals surface area contributed by atoms with Crippen molar-refractivity contribution in [1.29, 1.82) is 0 Å². The summed E-state index contributed by atoms with van der Waals surface area (Å²) in [6.45, 7) is 0.504. The molecule has 0 aromatic heterocycles. The van der Waals surface area contributed by atoms with Crippen LogP contribution >= 0.6 is 27.5 Å². The SMILES string of the molecule is NCCc1cc(Cl)ccc1Oc1ccc(F)c(Br)c1. The van der Waals surface area contributed by atoms with E-state index in [0.717, 1.165) is 5.56 Å². The van der Waals surface area contributed by atoms with Crippen LogP contribution in [0.3, 0.4) is 0 Å². The molecule has 0 atom stereocenters. The normalized spacial score (nSPS) is 10.5. The van der Waals surface area contributed by atoms with Gasteiger partial charge in [-0.2, -0.15) is 0 Å². The summed E-state index contributed by atoms with van der Waals surface area (Å²) >= 11 is 9.07. The van der Waals surface area contributed by atoms with Gasteiger partial charge in [0.2, 0.25) is 0 Å². The Hall–Kier alpha value is -1.10. The first kappa shape index (κ1) is 14.3. The van der Waals surface area contributed by atoms with Crippen LogP contribution in [0, 0.1) is 5.82 Å². The van der Waals surface area contributed by atoms with E-state index in [2.05, 4.69) is 15.9 Å². The molecule has 19 heavy (non-hydrogen) atoms. The molecular weight excluding hydrogens is 333 g/mol. The number of rotatable bonds is 4. The number of benzene rings is 2. The molecule has 0 aliphatic carbocycles. The number of nitrogens with two attached hydrogens (primary N) is 1. The molecule has 0 aliphatic heterocycles. The van der Waals surface area contributed by atoms with Crippen molar-refractivity contribution in [3.8, 4) is 11.5 Å². The second-order valence-corrected chi connectivity index (χ2v) is 5.26. The Kier molecular flexibility index (Phi) is 4.80. The minimum atomic E-state index is -0.328. The first-order chi connectivity index (χ1) is 9.10. The van der Waals surface area contributed by atoms with Gasteiger partial charge in [0, 0.05) is 5.02 Å². The highest BCUT2D eigenvalue weighted by atomic mass is 79.9. The van der Waals surface area contributed by atoms with E-state index in [9.17, 15) is 4.39 Å². The second kappa shape index (κ2) is 6.37. The predicted octanol–water partition coefficient (Wildman–Crippen LogP) is 4.54. The molecule has 0 saturated carbocycles. The van der Waals surface area contributed by atoms with Crippen LogP contribution in [-0.4, -0.2) is 6.54 Å². The number of hydrogen-bond donors (Lipinski definition) is 1. The molecule has 100 valence electrons. The van der Waals surface area contributed by atoms with Crippen LogP contribution in [0.5, 0.6) is 11.5 Å². The van der Waals surface area contributed by atoms with Crippen LogP contribution in [0.4, 0.5) is 4.39 Å². The summed E-state index contributed by atoms with van der Waals surface area (Å²) in [5, 5.41) is 0.635. The van der Waals surface area contributed by atoms with Gasteiger partial charge >= 0.3 is 0 Å². The summed E-state index contributed by atoms with van der Waals surface area (Å²) in [6.07, 6.45) is 0.665. The number of halogens is 3. The van der Waals surface area contributed by atoms with Gasteiger partial charge in [0.05, 0.1) is 4.47 Å². The molecule has 0 spiro atoms. The molecule has 0 unspecified atom stereocenters. The van der Waals surface area contributed by atoms with E-state index in [1.807, 2.05) is 6.07 Å². The minimum Gasteiger partial charge on any atom is -0.457 e. The van der Waals surface area contributed by atoms with Crippen LogP contribution < -0.4 is 10.5 Å². The second-order valence-electron chi connectivity index (χ2n) is 3.97. The maximum absolute atomic E-state index is 13.2. The highest BCUT2D eigenvalue weighted by molar-refractivity contribution is 9.10. The zero-order valence-electron chi connectivity index (χ0n) is 10.00. The van der Waals surface area contributed by atoms with E-state index in [4.69, 9.17) is 22.1 Å². The molecule has 0 radical (unpaired) electrons. The molecule has 2 aromatic rings. The van der Waals surface area contributed by atoms with Crippen LogP contribution in [0.2, 0.25) is 5.02 Å². The van der Waals surface area contributed by atoms with Crippen LogP contribution in [0.15, 0.2) is 40.9 Å². The van der Waals surface area contributed by atoms with E-state index in [1.165, 1.54) is 6.07 Å². The standard InChI is InChI=1S/C14H12BrClFNO/c15-12-8-11(2-3-13(12)17)19-14-4-1-10(16)7-9(14)5-6-18/h1-4,7-8H,5-6,18H2. The third kappa shape index (κ3) is 3.69. The van der Waals surface area contributed by atoms with E-state index in [-0.39, 0.29) is 5.82 Å². The Morgan fingerprint density at radius 1 is 1.21 bits per heavy atom. The number of hydrogen-bond acceptors (Lipinski definition) is 2. The smallest absolute Gasteiger partial charge is 0.137 e. The Morgan fingerprint density at radius 3 is 2.68 bits per heavy atom. The van der Waals surface area contributed by atoms with Crippen LogP contribution in [-0.2, 0) is 6.42 Å². The lowest BCUT2D eigenvalue weighted by Gasteiger charge is -2.11. The quantitative estimate of drug-likeness (QED) is 0.884. The van der Waals surface area contributed by atoms with Crippen molar-refractivity contribution < 1.29 is 9.13 Å². The summed E-state index contributed by atoms with van der Waals surface area (Å²) in [5.74, 6) is 0.896. The first-order valence-corrected chi connectivity index (χ1v) is 6.88.